The highest BCUT2D eigenvalue weighted by molar-refractivity contribution is 5.20. The molecule has 0 N–H and O–H groups in total. The number of pyridine rings is 1. The maximum Gasteiger partial charge on any atom is 0.213 e. The van der Waals surface area contributed by atoms with E-state index in [0.717, 1.165) is 51.1 Å². The van der Waals surface area contributed by atoms with Crippen molar-refractivity contribution in [3.8, 4) is 5.88 Å². The van der Waals surface area contributed by atoms with Crippen LogP contribution in [0.4, 0.5) is 0 Å². The average molecular weight is 408 g/mol. The summed E-state index contributed by atoms with van der Waals surface area (Å²) >= 11 is 0. The molecule has 2 aromatic heterocycles. The molecule has 0 amide bonds. The summed E-state index contributed by atoms with van der Waals surface area (Å²) in [5, 5.41) is 8.78. The van der Waals surface area contributed by atoms with Crippen molar-refractivity contribution >= 4 is 0 Å². The van der Waals surface area contributed by atoms with Gasteiger partial charge < -0.3 is 9.64 Å². The maximum absolute atomic E-state index is 5.21. The summed E-state index contributed by atoms with van der Waals surface area (Å²) in [6, 6.07) is 14.5. The number of likely N-dealkylation sites (tertiary alicyclic amines) is 1. The molecule has 6 heteroatoms. The Bertz CT molecular complexity index is 872. The minimum Gasteiger partial charge on any atom is -0.481 e. The minimum absolute atomic E-state index is 0.516. The maximum atomic E-state index is 5.21. The molecular formula is C24H33N5O. The van der Waals surface area contributed by atoms with Crippen molar-refractivity contribution in [2.75, 3.05) is 26.7 Å². The van der Waals surface area contributed by atoms with Gasteiger partial charge in [0.2, 0.25) is 5.88 Å². The summed E-state index contributed by atoms with van der Waals surface area (Å²) in [6.45, 7) is 8.07. The molecular weight excluding hydrogens is 374 g/mol. The van der Waals surface area contributed by atoms with Crippen LogP contribution >= 0.6 is 0 Å². The number of hydrogen-bond acceptors (Lipinski definition) is 5. The van der Waals surface area contributed by atoms with E-state index in [0.29, 0.717) is 11.8 Å². The fourth-order valence-corrected chi connectivity index (χ4v) is 3.81. The third-order valence-electron chi connectivity index (χ3n) is 5.47. The van der Waals surface area contributed by atoms with Crippen LogP contribution in [0.5, 0.6) is 5.88 Å². The highest BCUT2D eigenvalue weighted by atomic mass is 16.5. The second kappa shape index (κ2) is 11.5. The molecule has 0 atom stereocenters. The Morgan fingerprint density at radius 2 is 1.80 bits per heavy atom. The molecule has 4 rings (SSSR count). The number of nitrogens with zero attached hydrogens (tertiary/aromatic N) is 5. The van der Waals surface area contributed by atoms with Gasteiger partial charge >= 0.3 is 0 Å². The highest BCUT2D eigenvalue weighted by Gasteiger charge is 2.22. The molecule has 0 saturated carbocycles. The van der Waals surface area contributed by atoms with E-state index >= 15 is 0 Å². The molecule has 1 aliphatic heterocycles. The number of hydrogen-bond donors (Lipinski definition) is 0. The zero-order valence-electron chi connectivity index (χ0n) is 18.4. The molecule has 1 aliphatic rings. The molecule has 0 unspecified atom stereocenters. The fraction of sp³-hybridized carbons (Fsp3) is 0.458. The molecule has 3 aromatic rings. The lowest BCUT2D eigenvalue weighted by molar-refractivity contribution is 0.213. The zero-order valence-corrected chi connectivity index (χ0v) is 18.4. The van der Waals surface area contributed by atoms with E-state index in [1.165, 1.54) is 11.1 Å². The second-order valence-corrected chi connectivity index (χ2v) is 7.40. The molecule has 3 heterocycles. The van der Waals surface area contributed by atoms with E-state index in [1.54, 1.807) is 7.11 Å². The smallest absolute Gasteiger partial charge is 0.213 e. The second-order valence-electron chi connectivity index (χ2n) is 7.40. The largest absolute Gasteiger partial charge is 0.481 e. The van der Waals surface area contributed by atoms with Crippen LogP contribution in [0.15, 0.2) is 54.9 Å². The Hall–Kier alpha value is -2.73. The number of piperidine rings is 1. The predicted octanol–water partition coefficient (Wildman–Crippen LogP) is 4.18. The van der Waals surface area contributed by atoms with Crippen LogP contribution in [-0.4, -0.2) is 51.6 Å². The average Bonchev–Trinajstić information content (AvgIpc) is 3.28. The van der Waals surface area contributed by atoms with Crippen molar-refractivity contribution in [3.05, 3.63) is 71.7 Å². The van der Waals surface area contributed by atoms with E-state index in [1.807, 2.05) is 36.9 Å². The number of aromatic nitrogens is 4. The molecule has 0 aliphatic carbocycles. The summed E-state index contributed by atoms with van der Waals surface area (Å²) in [5.74, 6) is 1.21. The molecule has 1 aromatic carbocycles. The number of ether oxygens (including phenoxy) is 1. The van der Waals surface area contributed by atoms with Crippen molar-refractivity contribution in [3.63, 3.8) is 0 Å². The lowest BCUT2D eigenvalue weighted by Crippen LogP contribution is -2.34. The van der Waals surface area contributed by atoms with Crippen LogP contribution in [0.2, 0.25) is 0 Å². The quantitative estimate of drug-likeness (QED) is 0.588. The summed E-state index contributed by atoms with van der Waals surface area (Å²) < 4.78 is 7.16. The molecule has 30 heavy (non-hydrogen) atoms. The Morgan fingerprint density at radius 1 is 1.03 bits per heavy atom. The third kappa shape index (κ3) is 6.13. The first-order valence-corrected chi connectivity index (χ1v) is 11.0. The first kappa shape index (κ1) is 22.0. The van der Waals surface area contributed by atoms with Crippen molar-refractivity contribution in [1.29, 1.82) is 0 Å². The lowest BCUT2D eigenvalue weighted by atomic mass is 9.94. The molecule has 0 radical (unpaired) electrons. The van der Waals surface area contributed by atoms with E-state index in [-0.39, 0.29) is 0 Å². The van der Waals surface area contributed by atoms with Crippen LogP contribution < -0.4 is 4.74 Å². The third-order valence-corrected chi connectivity index (χ3v) is 5.47. The fourth-order valence-electron chi connectivity index (χ4n) is 3.81. The van der Waals surface area contributed by atoms with Gasteiger partial charge in [0.15, 0.2) is 0 Å². The monoisotopic (exact) mass is 407 g/mol. The zero-order chi connectivity index (χ0) is 21.2. The number of benzene rings is 1. The van der Waals surface area contributed by atoms with Gasteiger partial charge in [-0.25, -0.2) is 9.67 Å². The van der Waals surface area contributed by atoms with E-state index in [4.69, 9.17) is 4.74 Å². The highest BCUT2D eigenvalue weighted by Crippen LogP contribution is 2.26. The van der Waals surface area contributed by atoms with Crippen molar-refractivity contribution < 1.29 is 4.74 Å². The molecule has 160 valence electrons. The molecule has 1 fully saturated rings. The van der Waals surface area contributed by atoms with E-state index < -0.39 is 0 Å². The summed E-state index contributed by atoms with van der Waals surface area (Å²) in [7, 11) is 1.66. The predicted molar refractivity (Wildman–Crippen MR) is 120 cm³/mol. The van der Waals surface area contributed by atoms with Crippen LogP contribution in [0.25, 0.3) is 0 Å². The summed E-state index contributed by atoms with van der Waals surface area (Å²) in [6.07, 6.45) is 7.25. The van der Waals surface area contributed by atoms with Gasteiger partial charge in [-0.05, 0) is 49.5 Å². The van der Waals surface area contributed by atoms with Crippen molar-refractivity contribution in [2.45, 2.75) is 45.6 Å². The lowest BCUT2D eigenvalue weighted by Gasteiger charge is -2.31. The minimum atomic E-state index is 0.516. The van der Waals surface area contributed by atoms with Gasteiger partial charge in [-0.2, -0.15) is 0 Å². The van der Waals surface area contributed by atoms with E-state index in [2.05, 4.69) is 56.7 Å². The molecule has 0 spiro atoms. The van der Waals surface area contributed by atoms with Gasteiger partial charge in [0, 0.05) is 30.9 Å². The Labute approximate surface area is 179 Å². The SMILES string of the molecule is CC.COc1cc(CCN2CCC(c3cn(Cc4ccccc4)nn3)CC2)ccn1. The number of rotatable bonds is 7. The van der Waals surface area contributed by atoms with Gasteiger partial charge in [-0.1, -0.05) is 49.4 Å². The van der Waals surface area contributed by atoms with Gasteiger partial charge in [-0.15, -0.1) is 5.10 Å². The Morgan fingerprint density at radius 3 is 2.53 bits per heavy atom. The Balaban J connectivity index is 0.00000124. The molecule has 6 nitrogen and oxygen atoms in total. The molecule has 1 saturated heterocycles. The van der Waals surface area contributed by atoms with Crippen LogP contribution in [0.3, 0.4) is 0 Å². The van der Waals surface area contributed by atoms with Gasteiger partial charge in [-0.3, -0.25) is 0 Å². The topological polar surface area (TPSA) is 56.1 Å². The van der Waals surface area contributed by atoms with Crippen LogP contribution in [0.1, 0.15) is 49.4 Å². The first-order valence-electron chi connectivity index (χ1n) is 11.0. The molecule has 0 bridgehead atoms. The van der Waals surface area contributed by atoms with Crippen molar-refractivity contribution in [2.24, 2.45) is 0 Å². The van der Waals surface area contributed by atoms with E-state index in [9.17, 15) is 0 Å². The van der Waals surface area contributed by atoms with Crippen LogP contribution in [0, 0.1) is 0 Å². The number of methoxy groups -OCH3 is 1. The standard InChI is InChI=1S/C22H27N5O.C2H6/c1-28-22-15-18(7-11-23-22)8-12-26-13-9-20(10-14-26)21-17-27(25-24-21)16-19-5-3-2-4-6-19;1-2/h2-7,11,15,17,20H,8-10,12-14,16H2,1H3;1-2H3. The van der Waals surface area contributed by atoms with Crippen molar-refractivity contribution in [1.82, 2.24) is 24.9 Å². The van der Waals surface area contributed by atoms with Gasteiger partial charge in [0.05, 0.1) is 19.3 Å². The van der Waals surface area contributed by atoms with Crippen LogP contribution in [-0.2, 0) is 13.0 Å². The Kier molecular flexibility index (Phi) is 8.39. The van der Waals surface area contributed by atoms with Gasteiger partial charge in [0.25, 0.3) is 0 Å². The first-order chi connectivity index (χ1) is 14.8. The van der Waals surface area contributed by atoms with Gasteiger partial charge in [0.1, 0.15) is 0 Å². The summed E-state index contributed by atoms with van der Waals surface area (Å²) in [5.41, 5.74) is 3.66. The summed E-state index contributed by atoms with van der Waals surface area (Å²) in [4.78, 5) is 6.71. The normalized spacial score (nSPS) is 14.8.